The van der Waals surface area contributed by atoms with Gasteiger partial charge in [0.2, 0.25) is 0 Å². The zero-order chi connectivity index (χ0) is 12.3. The van der Waals surface area contributed by atoms with Crippen molar-refractivity contribution in [3.63, 3.8) is 0 Å². The predicted octanol–water partition coefficient (Wildman–Crippen LogP) is 2.13. The molecule has 0 radical (unpaired) electrons. The fourth-order valence-electron chi connectivity index (χ4n) is 2.00. The van der Waals surface area contributed by atoms with Crippen molar-refractivity contribution in [1.82, 2.24) is 4.98 Å². The summed E-state index contributed by atoms with van der Waals surface area (Å²) in [4.78, 5) is 4.27. The Hall–Kier alpha value is -1.60. The van der Waals surface area contributed by atoms with E-state index in [1.54, 1.807) is 0 Å². The van der Waals surface area contributed by atoms with Crippen LogP contribution in [0.3, 0.4) is 0 Å². The van der Waals surface area contributed by atoms with Gasteiger partial charge in [-0.3, -0.25) is 4.98 Å². The molecule has 0 aliphatic carbocycles. The number of ether oxygens (including phenoxy) is 2. The molecule has 4 nitrogen and oxygen atoms in total. The van der Waals surface area contributed by atoms with Crippen LogP contribution in [0, 0.1) is 25.2 Å². The van der Waals surface area contributed by atoms with E-state index in [2.05, 4.69) is 11.1 Å². The highest BCUT2D eigenvalue weighted by atomic mass is 16.5. The standard InChI is InChI=1S/C13H16N2O2/c1-9-7-13(12(8-14)10(2)15-9)17-11-3-5-16-6-4-11/h7,11H,3-6H2,1-2H3. The van der Waals surface area contributed by atoms with Gasteiger partial charge in [-0.15, -0.1) is 0 Å². The highest BCUT2D eigenvalue weighted by Gasteiger charge is 2.18. The maximum atomic E-state index is 9.12. The normalized spacial score (nSPS) is 16.5. The third-order valence-corrected chi connectivity index (χ3v) is 2.87. The second-order valence-corrected chi connectivity index (χ2v) is 4.26. The fourth-order valence-corrected chi connectivity index (χ4v) is 2.00. The summed E-state index contributed by atoms with van der Waals surface area (Å²) in [6, 6.07) is 4.00. The molecule has 0 amide bonds. The largest absolute Gasteiger partial charge is 0.489 e. The Morgan fingerprint density at radius 3 is 2.76 bits per heavy atom. The van der Waals surface area contributed by atoms with Crippen molar-refractivity contribution in [1.29, 1.82) is 5.26 Å². The lowest BCUT2D eigenvalue weighted by molar-refractivity contribution is 0.0254. The van der Waals surface area contributed by atoms with E-state index < -0.39 is 0 Å². The number of nitriles is 1. The van der Waals surface area contributed by atoms with Crippen LogP contribution in [0.5, 0.6) is 5.75 Å². The maximum Gasteiger partial charge on any atom is 0.141 e. The number of hydrogen-bond acceptors (Lipinski definition) is 4. The number of pyridine rings is 1. The lowest BCUT2D eigenvalue weighted by Gasteiger charge is -2.24. The summed E-state index contributed by atoms with van der Waals surface area (Å²) < 4.78 is 11.2. The third-order valence-electron chi connectivity index (χ3n) is 2.87. The molecule has 17 heavy (non-hydrogen) atoms. The number of nitrogens with zero attached hydrogens (tertiary/aromatic N) is 2. The van der Waals surface area contributed by atoms with E-state index in [1.165, 1.54) is 0 Å². The summed E-state index contributed by atoms with van der Waals surface area (Å²) in [6.07, 6.45) is 1.91. The van der Waals surface area contributed by atoms with Gasteiger partial charge >= 0.3 is 0 Å². The van der Waals surface area contributed by atoms with Gasteiger partial charge in [0.15, 0.2) is 0 Å². The highest BCUT2D eigenvalue weighted by molar-refractivity contribution is 5.46. The highest BCUT2D eigenvalue weighted by Crippen LogP contribution is 2.24. The van der Waals surface area contributed by atoms with Gasteiger partial charge in [-0.05, 0) is 13.8 Å². The number of hydrogen-bond donors (Lipinski definition) is 0. The predicted molar refractivity (Wildman–Crippen MR) is 62.9 cm³/mol. The van der Waals surface area contributed by atoms with E-state index in [9.17, 15) is 0 Å². The monoisotopic (exact) mass is 232 g/mol. The maximum absolute atomic E-state index is 9.12. The Bertz CT molecular complexity index is 445. The van der Waals surface area contributed by atoms with Crippen molar-refractivity contribution in [2.45, 2.75) is 32.8 Å². The van der Waals surface area contributed by atoms with Crippen molar-refractivity contribution in [3.05, 3.63) is 23.0 Å². The van der Waals surface area contributed by atoms with Crippen molar-refractivity contribution < 1.29 is 9.47 Å². The lowest BCUT2D eigenvalue weighted by Crippen LogP contribution is -2.26. The molecular weight excluding hydrogens is 216 g/mol. The Kier molecular flexibility index (Phi) is 3.60. The molecule has 0 saturated carbocycles. The van der Waals surface area contributed by atoms with Crippen LogP contribution in [-0.4, -0.2) is 24.3 Å². The van der Waals surface area contributed by atoms with Crippen LogP contribution in [0.1, 0.15) is 29.8 Å². The molecule has 2 heterocycles. The van der Waals surface area contributed by atoms with Gasteiger partial charge in [-0.1, -0.05) is 0 Å². The Labute approximate surface area is 101 Å². The first kappa shape index (κ1) is 11.9. The second kappa shape index (κ2) is 5.15. The molecule has 0 atom stereocenters. The second-order valence-electron chi connectivity index (χ2n) is 4.26. The molecule has 1 saturated heterocycles. The number of aromatic nitrogens is 1. The number of rotatable bonds is 2. The van der Waals surface area contributed by atoms with Crippen LogP contribution in [-0.2, 0) is 4.74 Å². The zero-order valence-electron chi connectivity index (χ0n) is 10.2. The van der Waals surface area contributed by atoms with Gasteiger partial charge in [0, 0.05) is 24.6 Å². The first-order valence-corrected chi connectivity index (χ1v) is 5.83. The van der Waals surface area contributed by atoms with Gasteiger partial charge in [0.05, 0.1) is 18.9 Å². The molecule has 0 N–H and O–H groups in total. The van der Waals surface area contributed by atoms with Crippen molar-refractivity contribution in [3.8, 4) is 11.8 Å². The van der Waals surface area contributed by atoms with Gasteiger partial charge in [-0.25, -0.2) is 0 Å². The molecule has 2 rings (SSSR count). The van der Waals surface area contributed by atoms with Gasteiger partial charge in [0.25, 0.3) is 0 Å². The van der Waals surface area contributed by atoms with Gasteiger partial charge in [-0.2, -0.15) is 5.26 Å². The average Bonchev–Trinajstić information content (AvgIpc) is 2.30. The summed E-state index contributed by atoms with van der Waals surface area (Å²) in [5, 5.41) is 9.12. The van der Waals surface area contributed by atoms with E-state index in [4.69, 9.17) is 14.7 Å². The minimum Gasteiger partial charge on any atom is -0.489 e. The molecule has 90 valence electrons. The summed E-state index contributed by atoms with van der Waals surface area (Å²) >= 11 is 0. The van der Waals surface area contributed by atoms with E-state index in [-0.39, 0.29) is 6.10 Å². The molecule has 4 heteroatoms. The molecular formula is C13H16N2O2. The van der Waals surface area contributed by atoms with Gasteiger partial charge < -0.3 is 9.47 Å². The average molecular weight is 232 g/mol. The lowest BCUT2D eigenvalue weighted by atomic mass is 10.1. The van der Waals surface area contributed by atoms with Crippen LogP contribution >= 0.6 is 0 Å². The molecule has 1 fully saturated rings. The van der Waals surface area contributed by atoms with Gasteiger partial charge in [0.1, 0.15) is 23.5 Å². The van der Waals surface area contributed by atoms with Crippen LogP contribution in [0.4, 0.5) is 0 Å². The summed E-state index contributed by atoms with van der Waals surface area (Å²) in [5.41, 5.74) is 2.15. The number of aryl methyl sites for hydroxylation is 2. The van der Waals surface area contributed by atoms with E-state index >= 15 is 0 Å². The Morgan fingerprint density at radius 1 is 1.41 bits per heavy atom. The molecule has 0 spiro atoms. The third kappa shape index (κ3) is 2.75. The van der Waals surface area contributed by atoms with Crippen molar-refractivity contribution in [2.75, 3.05) is 13.2 Å². The summed E-state index contributed by atoms with van der Waals surface area (Å²) in [7, 11) is 0. The smallest absolute Gasteiger partial charge is 0.141 e. The van der Waals surface area contributed by atoms with Crippen molar-refractivity contribution in [2.24, 2.45) is 0 Å². The van der Waals surface area contributed by atoms with Crippen LogP contribution < -0.4 is 4.74 Å². The van der Waals surface area contributed by atoms with E-state index in [0.717, 1.165) is 37.4 Å². The first-order valence-electron chi connectivity index (χ1n) is 5.83. The SMILES string of the molecule is Cc1cc(OC2CCOCC2)c(C#N)c(C)n1. The van der Waals surface area contributed by atoms with E-state index in [0.29, 0.717) is 11.3 Å². The molecule has 1 aliphatic heterocycles. The molecule has 1 aromatic rings. The first-order chi connectivity index (χ1) is 8.20. The fraction of sp³-hybridized carbons (Fsp3) is 0.538. The van der Waals surface area contributed by atoms with Crippen LogP contribution in [0.25, 0.3) is 0 Å². The molecule has 0 unspecified atom stereocenters. The summed E-state index contributed by atoms with van der Waals surface area (Å²) in [6.45, 7) is 5.21. The van der Waals surface area contributed by atoms with Crippen LogP contribution in [0.2, 0.25) is 0 Å². The molecule has 1 aromatic heterocycles. The Morgan fingerprint density at radius 2 is 2.12 bits per heavy atom. The minimum atomic E-state index is 0.150. The quantitative estimate of drug-likeness (QED) is 0.783. The molecule has 0 aromatic carbocycles. The van der Waals surface area contributed by atoms with Crippen molar-refractivity contribution >= 4 is 0 Å². The molecule has 0 bridgehead atoms. The zero-order valence-corrected chi connectivity index (χ0v) is 10.2. The van der Waals surface area contributed by atoms with E-state index in [1.807, 2.05) is 19.9 Å². The topological polar surface area (TPSA) is 55.1 Å². The Balaban J connectivity index is 2.22. The minimum absolute atomic E-state index is 0.150. The summed E-state index contributed by atoms with van der Waals surface area (Å²) in [5.74, 6) is 0.657. The molecule has 1 aliphatic rings. The van der Waals surface area contributed by atoms with Crippen LogP contribution in [0.15, 0.2) is 6.07 Å².